The lowest BCUT2D eigenvalue weighted by Gasteiger charge is -2.06. The number of nitrogens with zero attached hydrogens (tertiary/aromatic N) is 4. The van der Waals surface area contributed by atoms with Crippen molar-refractivity contribution >= 4 is 33.3 Å². The summed E-state index contributed by atoms with van der Waals surface area (Å²) in [5.41, 5.74) is 1.28. The minimum atomic E-state index is -0.326. The zero-order chi connectivity index (χ0) is 16.5. The molecule has 0 fully saturated rings. The fraction of sp³-hybridized carbons (Fsp3) is 0.312. The lowest BCUT2D eigenvalue weighted by Crippen LogP contribution is -2.30. The zero-order valence-electron chi connectivity index (χ0n) is 12.9. The molecule has 1 aliphatic rings. The summed E-state index contributed by atoms with van der Waals surface area (Å²) in [6.07, 6.45) is 4.31. The van der Waals surface area contributed by atoms with E-state index in [4.69, 9.17) is 0 Å². The summed E-state index contributed by atoms with van der Waals surface area (Å²) in [5, 5.41) is 11.6. The molecule has 2 aromatic heterocycles. The van der Waals surface area contributed by atoms with E-state index in [1.54, 1.807) is 24.3 Å². The number of aromatic nitrogens is 4. The average molecular weight is 341 g/mol. The van der Waals surface area contributed by atoms with Crippen molar-refractivity contribution in [2.24, 2.45) is 0 Å². The summed E-state index contributed by atoms with van der Waals surface area (Å²) >= 11 is 1.51. The number of hydrogen-bond donors (Lipinski definition) is 1. The molecule has 0 spiro atoms. The van der Waals surface area contributed by atoms with Gasteiger partial charge in [-0.2, -0.15) is 0 Å². The number of amides is 1. The number of fused-ring (bicyclic) bond motifs is 2. The Labute approximate surface area is 141 Å². The molecular formula is C16H15N5O2S. The van der Waals surface area contributed by atoms with Crippen LogP contribution in [0.5, 0.6) is 0 Å². The first kappa shape index (κ1) is 14.9. The quantitative estimate of drug-likeness (QED) is 0.784. The van der Waals surface area contributed by atoms with E-state index in [2.05, 4.69) is 20.6 Å². The highest BCUT2D eigenvalue weighted by molar-refractivity contribution is 7.15. The zero-order valence-corrected chi connectivity index (χ0v) is 13.7. The lowest BCUT2D eigenvalue weighted by molar-refractivity contribution is -0.117. The van der Waals surface area contributed by atoms with Crippen molar-refractivity contribution < 1.29 is 4.79 Å². The Morgan fingerprint density at radius 3 is 2.96 bits per heavy atom. The average Bonchev–Trinajstić information content (AvgIpc) is 2.99. The van der Waals surface area contributed by atoms with Crippen molar-refractivity contribution in [1.29, 1.82) is 0 Å². The molecule has 1 amide bonds. The van der Waals surface area contributed by atoms with Crippen LogP contribution in [0.1, 0.15) is 23.4 Å². The third kappa shape index (κ3) is 2.80. The second-order valence-corrected chi connectivity index (χ2v) is 6.80. The van der Waals surface area contributed by atoms with Crippen molar-refractivity contribution in [2.75, 3.05) is 5.32 Å². The molecule has 3 aromatic rings. The number of rotatable bonds is 3. The Morgan fingerprint density at radius 1 is 1.25 bits per heavy atom. The van der Waals surface area contributed by atoms with E-state index < -0.39 is 0 Å². The summed E-state index contributed by atoms with van der Waals surface area (Å²) in [5.74, 6) is -0.326. The van der Waals surface area contributed by atoms with Gasteiger partial charge in [0, 0.05) is 4.88 Å². The minimum Gasteiger partial charge on any atom is -0.300 e. The normalized spacial score (nSPS) is 13.7. The van der Waals surface area contributed by atoms with Gasteiger partial charge in [0.1, 0.15) is 12.1 Å². The van der Waals surface area contributed by atoms with Gasteiger partial charge in [0.2, 0.25) is 5.91 Å². The Bertz CT molecular complexity index is 955. The first-order valence-corrected chi connectivity index (χ1v) is 8.63. The molecule has 1 aromatic carbocycles. The molecule has 0 saturated heterocycles. The van der Waals surface area contributed by atoms with Crippen LogP contribution in [0.2, 0.25) is 0 Å². The maximum absolute atomic E-state index is 12.3. The molecule has 24 heavy (non-hydrogen) atoms. The third-order valence-corrected chi connectivity index (χ3v) is 5.09. The SMILES string of the molecule is O=C(Cn1nnc2ccccc2c1=O)Nc1nc2c(s1)CCCC2. The van der Waals surface area contributed by atoms with Crippen LogP contribution in [0.15, 0.2) is 29.1 Å². The number of carbonyl (C=O) groups is 1. The highest BCUT2D eigenvalue weighted by Gasteiger charge is 2.17. The van der Waals surface area contributed by atoms with Crippen molar-refractivity contribution in [3.63, 3.8) is 0 Å². The van der Waals surface area contributed by atoms with Crippen LogP contribution >= 0.6 is 11.3 Å². The van der Waals surface area contributed by atoms with Crippen LogP contribution in [0, 0.1) is 0 Å². The van der Waals surface area contributed by atoms with E-state index in [0.29, 0.717) is 16.0 Å². The molecule has 4 rings (SSSR count). The van der Waals surface area contributed by atoms with Crippen molar-refractivity contribution in [2.45, 2.75) is 32.2 Å². The van der Waals surface area contributed by atoms with Crippen LogP contribution in [0.3, 0.4) is 0 Å². The Morgan fingerprint density at radius 2 is 2.08 bits per heavy atom. The van der Waals surface area contributed by atoms with Crippen molar-refractivity contribution in [3.8, 4) is 0 Å². The van der Waals surface area contributed by atoms with Gasteiger partial charge in [-0.3, -0.25) is 9.59 Å². The molecule has 0 aliphatic heterocycles. The van der Waals surface area contributed by atoms with Crippen LogP contribution in [-0.2, 0) is 24.2 Å². The molecule has 7 nitrogen and oxygen atoms in total. The fourth-order valence-corrected chi connectivity index (χ4v) is 3.89. The Hall–Kier alpha value is -2.61. The second kappa shape index (κ2) is 6.12. The number of aryl methyl sites for hydroxylation is 2. The van der Waals surface area contributed by atoms with Gasteiger partial charge < -0.3 is 5.32 Å². The highest BCUT2D eigenvalue weighted by Crippen LogP contribution is 2.29. The fourth-order valence-electron chi connectivity index (χ4n) is 2.83. The van der Waals surface area contributed by atoms with Crippen LogP contribution < -0.4 is 10.9 Å². The standard InChI is InChI=1S/C16H15N5O2S/c22-14(18-16-17-12-7-3-4-8-13(12)24-16)9-21-15(23)10-5-1-2-6-11(10)19-20-21/h1-2,5-6H,3-4,7-9H2,(H,17,18,22). The summed E-state index contributed by atoms with van der Waals surface area (Å²) in [6.45, 7) is -0.180. The molecule has 0 radical (unpaired) electrons. The predicted octanol–water partition coefficient (Wildman–Crippen LogP) is 1.77. The second-order valence-electron chi connectivity index (χ2n) is 5.71. The number of hydrogen-bond acceptors (Lipinski definition) is 6. The predicted molar refractivity (Wildman–Crippen MR) is 91.2 cm³/mol. The van der Waals surface area contributed by atoms with Crippen molar-refractivity contribution in [3.05, 3.63) is 45.2 Å². The number of carbonyl (C=O) groups excluding carboxylic acids is 1. The Balaban J connectivity index is 1.53. The van der Waals surface area contributed by atoms with Gasteiger partial charge in [0.05, 0.1) is 11.1 Å². The largest absolute Gasteiger partial charge is 0.300 e. The van der Waals surface area contributed by atoms with E-state index in [9.17, 15) is 9.59 Å². The molecule has 1 aliphatic carbocycles. The summed E-state index contributed by atoms with van der Waals surface area (Å²) in [4.78, 5) is 30.3. The van der Waals surface area contributed by atoms with Crippen LogP contribution in [0.4, 0.5) is 5.13 Å². The molecule has 0 saturated carbocycles. The molecule has 8 heteroatoms. The lowest BCUT2D eigenvalue weighted by atomic mass is 10.0. The van der Waals surface area contributed by atoms with E-state index in [-0.39, 0.29) is 18.0 Å². The van der Waals surface area contributed by atoms with Crippen molar-refractivity contribution in [1.82, 2.24) is 20.0 Å². The maximum atomic E-state index is 12.3. The monoisotopic (exact) mass is 341 g/mol. The molecular weight excluding hydrogens is 326 g/mol. The van der Waals surface area contributed by atoms with Crippen LogP contribution in [-0.4, -0.2) is 25.9 Å². The number of thiazole rings is 1. The van der Waals surface area contributed by atoms with Gasteiger partial charge in [-0.15, -0.1) is 16.4 Å². The van der Waals surface area contributed by atoms with Gasteiger partial charge in [-0.1, -0.05) is 17.3 Å². The number of anilines is 1. The van der Waals surface area contributed by atoms with Crippen LogP contribution in [0.25, 0.3) is 10.9 Å². The number of nitrogens with one attached hydrogen (secondary N) is 1. The van der Waals surface area contributed by atoms with E-state index in [0.717, 1.165) is 29.6 Å². The molecule has 2 heterocycles. The molecule has 122 valence electrons. The topological polar surface area (TPSA) is 89.8 Å². The maximum Gasteiger partial charge on any atom is 0.278 e. The first-order chi connectivity index (χ1) is 11.7. The summed E-state index contributed by atoms with van der Waals surface area (Å²) < 4.78 is 1.07. The van der Waals surface area contributed by atoms with E-state index in [1.807, 2.05) is 0 Å². The first-order valence-electron chi connectivity index (χ1n) is 7.82. The van der Waals surface area contributed by atoms with Gasteiger partial charge in [0.15, 0.2) is 5.13 Å². The van der Waals surface area contributed by atoms with Gasteiger partial charge in [0.25, 0.3) is 5.56 Å². The molecule has 1 N–H and O–H groups in total. The molecule has 0 unspecified atom stereocenters. The summed E-state index contributed by atoms with van der Waals surface area (Å²) in [6, 6.07) is 6.94. The molecule has 0 atom stereocenters. The molecule has 0 bridgehead atoms. The van der Waals surface area contributed by atoms with Gasteiger partial charge in [-0.05, 0) is 37.8 Å². The van der Waals surface area contributed by atoms with Gasteiger partial charge in [-0.25, -0.2) is 9.67 Å². The Kier molecular flexibility index (Phi) is 3.81. The number of benzene rings is 1. The smallest absolute Gasteiger partial charge is 0.278 e. The van der Waals surface area contributed by atoms with E-state index >= 15 is 0 Å². The highest BCUT2D eigenvalue weighted by atomic mass is 32.1. The summed E-state index contributed by atoms with van der Waals surface area (Å²) in [7, 11) is 0. The van der Waals surface area contributed by atoms with E-state index in [1.165, 1.54) is 22.6 Å². The van der Waals surface area contributed by atoms with Gasteiger partial charge >= 0.3 is 0 Å². The third-order valence-electron chi connectivity index (χ3n) is 4.01. The minimum absolute atomic E-state index is 0.180.